The maximum Gasteiger partial charge on any atom is 0.341 e. The van der Waals surface area contributed by atoms with Crippen LogP contribution in [0.4, 0.5) is 5.82 Å². The van der Waals surface area contributed by atoms with Crippen LogP contribution in [0.1, 0.15) is 10.4 Å². The number of nitrogen functional groups attached to an aromatic ring is 1. The average molecular weight is 223 g/mol. The van der Waals surface area contributed by atoms with Gasteiger partial charge in [-0.25, -0.2) is 4.79 Å². The van der Waals surface area contributed by atoms with Gasteiger partial charge in [0.25, 0.3) is 0 Å². The number of anilines is 1. The molecule has 15 heavy (non-hydrogen) atoms. The van der Waals surface area contributed by atoms with E-state index in [0.29, 0.717) is 5.69 Å². The smallest absolute Gasteiger partial charge is 0.341 e. The Labute approximate surface area is 89.8 Å². The number of aryl methyl sites for hydroxylation is 1. The summed E-state index contributed by atoms with van der Waals surface area (Å²) in [4.78, 5) is 11.8. The summed E-state index contributed by atoms with van der Waals surface area (Å²) in [6.07, 6.45) is 0. The predicted molar refractivity (Wildman–Crippen MR) is 57.9 cm³/mol. The number of rotatable bonds is 2. The lowest BCUT2D eigenvalue weighted by molar-refractivity contribution is 0.0699. The Balaban J connectivity index is 2.67. The summed E-state index contributed by atoms with van der Waals surface area (Å²) in [5, 5.41) is 15.0. The lowest BCUT2D eigenvalue weighted by Crippen LogP contribution is -2.03. The van der Waals surface area contributed by atoms with Crippen LogP contribution < -0.4 is 5.73 Å². The van der Waals surface area contributed by atoms with Gasteiger partial charge >= 0.3 is 5.97 Å². The van der Waals surface area contributed by atoms with Crippen molar-refractivity contribution in [2.45, 2.75) is 0 Å². The lowest BCUT2D eigenvalue weighted by Gasteiger charge is -1.94. The minimum atomic E-state index is -1.05. The molecule has 0 amide bonds. The number of carbonyl (C=O) groups is 1. The van der Waals surface area contributed by atoms with Gasteiger partial charge in [0, 0.05) is 7.05 Å². The molecule has 0 atom stereocenters. The predicted octanol–water partition coefficient (Wildman–Crippen LogP) is 1.43. The molecular weight excluding hydrogens is 214 g/mol. The van der Waals surface area contributed by atoms with Crippen molar-refractivity contribution in [2.75, 3.05) is 5.73 Å². The molecule has 78 valence electrons. The second-order valence-corrected chi connectivity index (χ2v) is 3.96. The van der Waals surface area contributed by atoms with Gasteiger partial charge in [-0.3, -0.25) is 4.68 Å². The number of thiophene rings is 1. The number of carboxylic acids is 1. The molecule has 0 saturated heterocycles. The fourth-order valence-corrected chi connectivity index (χ4v) is 2.05. The first kappa shape index (κ1) is 9.72. The molecular formula is C9H9N3O2S. The Kier molecular flexibility index (Phi) is 2.20. The van der Waals surface area contributed by atoms with Crippen molar-refractivity contribution in [1.82, 2.24) is 9.78 Å². The van der Waals surface area contributed by atoms with E-state index in [2.05, 4.69) is 5.10 Å². The number of carboxylic acid groups (broad SMARTS) is 1. The van der Waals surface area contributed by atoms with Gasteiger partial charge in [0.1, 0.15) is 17.1 Å². The van der Waals surface area contributed by atoms with Gasteiger partial charge in [0.05, 0.1) is 4.88 Å². The van der Waals surface area contributed by atoms with Gasteiger partial charge < -0.3 is 10.8 Å². The summed E-state index contributed by atoms with van der Waals surface area (Å²) in [6, 6.07) is 3.66. The Morgan fingerprint density at radius 1 is 1.67 bits per heavy atom. The van der Waals surface area contributed by atoms with Crippen LogP contribution in [0.25, 0.3) is 10.6 Å². The van der Waals surface area contributed by atoms with E-state index in [1.807, 2.05) is 17.5 Å². The first-order valence-electron chi connectivity index (χ1n) is 4.21. The van der Waals surface area contributed by atoms with E-state index in [1.54, 1.807) is 7.05 Å². The third-order valence-corrected chi connectivity index (χ3v) is 2.94. The van der Waals surface area contributed by atoms with Crippen molar-refractivity contribution in [3.8, 4) is 10.6 Å². The van der Waals surface area contributed by atoms with Gasteiger partial charge in [-0.05, 0) is 11.4 Å². The quantitative estimate of drug-likeness (QED) is 0.807. The van der Waals surface area contributed by atoms with Crippen LogP contribution in [0.3, 0.4) is 0 Å². The fourth-order valence-electron chi connectivity index (χ4n) is 1.33. The minimum absolute atomic E-state index is 0.0694. The summed E-state index contributed by atoms with van der Waals surface area (Å²) in [7, 11) is 1.62. The molecule has 0 unspecified atom stereocenters. The third-order valence-electron chi connectivity index (χ3n) is 2.06. The largest absolute Gasteiger partial charge is 0.477 e. The van der Waals surface area contributed by atoms with Crippen LogP contribution in [0.5, 0.6) is 0 Å². The van der Waals surface area contributed by atoms with Gasteiger partial charge in [0.15, 0.2) is 0 Å². The number of aromatic nitrogens is 2. The molecule has 5 nitrogen and oxygen atoms in total. The van der Waals surface area contributed by atoms with Gasteiger partial charge in [-0.15, -0.1) is 11.3 Å². The molecule has 0 aliphatic rings. The number of nitrogens with zero attached hydrogens (tertiary/aromatic N) is 2. The topological polar surface area (TPSA) is 81.1 Å². The highest BCUT2D eigenvalue weighted by Gasteiger charge is 2.21. The number of aromatic carboxylic acids is 1. The molecule has 2 aromatic heterocycles. The first-order valence-corrected chi connectivity index (χ1v) is 5.09. The molecule has 0 saturated carbocycles. The second kappa shape index (κ2) is 3.39. The molecule has 0 aliphatic heterocycles. The van der Waals surface area contributed by atoms with E-state index in [4.69, 9.17) is 10.8 Å². The molecule has 2 heterocycles. The SMILES string of the molecule is Cn1nc(-c2cccs2)c(C(=O)O)c1N. The normalized spacial score (nSPS) is 10.5. The molecule has 0 radical (unpaired) electrons. The van der Waals surface area contributed by atoms with Crippen molar-refractivity contribution in [3.63, 3.8) is 0 Å². The lowest BCUT2D eigenvalue weighted by atomic mass is 10.2. The number of hydrogen-bond acceptors (Lipinski definition) is 4. The molecule has 2 aromatic rings. The van der Waals surface area contributed by atoms with E-state index in [1.165, 1.54) is 16.0 Å². The van der Waals surface area contributed by atoms with Crippen molar-refractivity contribution in [3.05, 3.63) is 23.1 Å². The van der Waals surface area contributed by atoms with Crippen LogP contribution in [0.2, 0.25) is 0 Å². The monoisotopic (exact) mass is 223 g/mol. The average Bonchev–Trinajstić information content (AvgIpc) is 2.75. The first-order chi connectivity index (χ1) is 7.11. The molecule has 0 spiro atoms. The Bertz CT molecular complexity index is 502. The fraction of sp³-hybridized carbons (Fsp3) is 0.111. The molecule has 6 heteroatoms. The zero-order valence-corrected chi connectivity index (χ0v) is 8.78. The number of hydrogen-bond donors (Lipinski definition) is 2. The van der Waals surface area contributed by atoms with Crippen molar-refractivity contribution < 1.29 is 9.90 Å². The molecule has 0 fully saturated rings. The van der Waals surface area contributed by atoms with Gasteiger partial charge in [0.2, 0.25) is 0 Å². The van der Waals surface area contributed by atoms with E-state index < -0.39 is 5.97 Å². The van der Waals surface area contributed by atoms with E-state index in [-0.39, 0.29) is 11.4 Å². The molecule has 0 aliphatic carbocycles. The highest BCUT2D eigenvalue weighted by atomic mass is 32.1. The van der Waals surface area contributed by atoms with Gasteiger partial charge in [-0.2, -0.15) is 5.10 Å². The van der Waals surface area contributed by atoms with Crippen LogP contribution in [-0.4, -0.2) is 20.9 Å². The van der Waals surface area contributed by atoms with E-state index >= 15 is 0 Å². The van der Waals surface area contributed by atoms with Crippen molar-refractivity contribution >= 4 is 23.1 Å². The number of nitrogens with two attached hydrogens (primary N) is 1. The Morgan fingerprint density at radius 3 is 2.93 bits per heavy atom. The highest BCUT2D eigenvalue weighted by Crippen LogP contribution is 2.29. The third kappa shape index (κ3) is 1.48. The summed E-state index contributed by atoms with van der Waals surface area (Å²) < 4.78 is 1.37. The van der Waals surface area contributed by atoms with Crippen LogP contribution in [-0.2, 0) is 7.05 Å². The van der Waals surface area contributed by atoms with E-state index in [9.17, 15) is 4.79 Å². The minimum Gasteiger partial charge on any atom is -0.477 e. The molecule has 0 aromatic carbocycles. The molecule has 0 bridgehead atoms. The standard InChI is InChI=1S/C9H9N3O2S/c1-12-8(10)6(9(13)14)7(11-12)5-3-2-4-15-5/h2-4H,10H2,1H3,(H,13,14). The van der Waals surface area contributed by atoms with Crippen LogP contribution in [0, 0.1) is 0 Å². The van der Waals surface area contributed by atoms with Crippen molar-refractivity contribution in [1.29, 1.82) is 0 Å². The Morgan fingerprint density at radius 2 is 2.40 bits per heavy atom. The molecule has 3 N–H and O–H groups in total. The zero-order chi connectivity index (χ0) is 11.0. The highest BCUT2D eigenvalue weighted by molar-refractivity contribution is 7.13. The van der Waals surface area contributed by atoms with Crippen LogP contribution >= 0.6 is 11.3 Å². The summed E-state index contributed by atoms with van der Waals surface area (Å²) in [5.74, 6) is -0.880. The maximum absolute atomic E-state index is 11.0. The summed E-state index contributed by atoms with van der Waals surface area (Å²) in [5.41, 5.74) is 6.13. The van der Waals surface area contributed by atoms with Crippen LogP contribution in [0.15, 0.2) is 17.5 Å². The Hall–Kier alpha value is -1.82. The van der Waals surface area contributed by atoms with Gasteiger partial charge in [-0.1, -0.05) is 6.07 Å². The summed E-state index contributed by atoms with van der Waals surface area (Å²) >= 11 is 1.43. The zero-order valence-electron chi connectivity index (χ0n) is 7.97. The summed E-state index contributed by atoms with van der Waals surface area (Å²) in [6.45, 7) is 0. The van der Waals surface area contributed by atoms with Crippen molar-refractivity contribution in [2.24, 2.45) is 7.05 Å². The molecule has 2 rings (SSSR count). The maximum atomic E-state index is 11.0. The van der Waals surface area contributed by atoms with E-state index in [0.717, 1.165) is 4.88 Å². The second-order valence-electron chi connectivity index (χ2n) is 3.01.